The third-order valence-electron chi connectivity index (χ3n) is 3.14. The largest absolute Gasteiger partial charge is 0.481 e. The molecule has 1 heterocycles. The fraction of sp³-hybridized carbons (Fsp3) is 0.333. The molecule has 5 nitrogen and oxygen atoms in total. The molecule has 1 aromatic carbocycles. The number of benzene rings is 1. The van der Waals surface area contributed by atoms with Crippen LogP contribution in [0.4, 0.5) is 0 Å². The smallest absolute Gasteiger partial charge is 0.306 e. The molecule has 6 heteroatoms. The van der Waals surface area contributed by atoms with Gasteiger partial charge in [-0.2, -0.15) is 0 Å². The highest BCUT2D eigenvalue weighted by atomic mass is 35.5. The minimum Gasteiger partial charge on any atom is -0.481 e. The van der Waals surface area contributed by atoms with Gasteiger partial charge < -0.3 is 14.7 Å². The third kappa shape index (κ3) is 4.88. The van der Waals surface area contributed by atoms with Gasteiger partial charge in [-0.05, 0) is 23.8 Å². The molecule has 0 bridgehead atoms. The molecule has 21 heavy (non-hydrogen) atoms. The van der Waals surface area contributed by atoms with Crippen LogP contribution in [0.2, 0.25) is 5.02 Å². The molecule has 1 fully saturated rings. The van der Waals surface area contributed by atoms with Crippen molar-refractivity contribution in [1.29, 1.82) is 0 Å². The molecule has 1 amide bonds. The van der Waals surface area contributed by atoms with Crippen LogP contribution in [-0.2, 0) is 14.3 Å². The summed E-state index contributed by atoms with van der Waals surface area (Å²) in [5.74, 6) is -1.07. The van der Waals surface area contributed by atoms with Crippen LogP contribution in [0.25, 0.3) is 6.08 Å². The van der Waals surface area contributed by atoms with Gasteiger partial charge in [0.05, 0.1) is 19.1 Å². The molecule has 0 saturated carbocycles. The Morgan fingerprint density at radius 1 is 1.38 bits per heavy atom. The van der Waals surface area contributed by atoms with Crippen LogP contribution in [0.5, 0.6) is 0 Å². The molecular weight excluding hydrogens is 294 g/mol. The van der Waals surface area contributed by atoms with Crippen LogP contribution in [0.1, 0.15) is 12.0 Å². The van der Waals surface area contributed by atoms with E-state index >= 15 is 0 Å². The number of hydrogen-bond acceptors (Lipinski definition) is 3. The highest BCUT2D eigenvalue weighted by Gasteiger charge is 2.24. The van der Waals surface area contributed by atoms with E-state index in [0.29, 0.717) is 24.7 Å². The van der Waals surface area contributed by atoms with Crippen molar-refractivity contribution in [3.05, 3.63) is 40.9 Å². The molecule has 1 atom stereocenters. The second kappa shape index (κ2) is 7.24. The molecule has 0 radical (unpaired) electrons. The number of morpholine rings is 1. The first-order valence-electron chi connectivity index (χ1n) is 6.60. The van der Waals surface area contributed by atoms with Crippen molar-refractivity contribution in [3.63, 3.8) is 0 Å². The molecule has 0 spiro atoms. The molecule has 112 valence electrons. The number of carboxylic acids is 1. The number of hydrogen-bond donors (Lipinski definition) is 1. The number of aliphatic carboxylic acids is 1. The predicted molar refractivity (Wildman–Crippen MR) is 79.1 cm³/mol. The molecule has 0 aromatic heterocycles. The second-order valence-corrected chi connectivity index (χ2v) is 5.20. The first kappa shape index (κ1) is 15.5. The van der Waals surface area contributed by atoms with Crippen LogP contribution in [0.3, 0.4) is 0 Å². The predicted octanol–water partition coefficient (Wildman–Crippen LogP) is 2.06. The van der Waals surface area contributed by atoms with E-state index in [4.69, 9.17) is 21.4 Å². The zero-order chi connectivity index (χ0) is 15.2. The Kier molecular flexibility index (Phi) is 5.36. The Hall–Kier alpha value is -1.85. The average molecular weight is 310 g/mol. The van der Waals surface area contributed by atoms with Crippen molar-refractivity contribution >= 4 is 29.6 Å². The molecule has 2 rings (SSSR count). The standard InChI is InChI=1S/C15H16ClNO4/c16-12-4-1-11(2-5-12)3-6-14(18)17-7-8-21-13(10-17)9-15(19)20/h1-6,13H,7-10H2,(H,19,20). The number of carboxylic acid groups (broad SMARTS) is 1. The Morgan fingerprint density at radius 3 is 2.76 bits per heavy atom. The molecule has 1 saturated heterocycles. The van der Waals surface area contributed by atoms with E-state index in [1.807, 2.05) is 12.1 Å². The van der Waals surface area contributed by atoms with Gasteiger partial charge in [-0.15, -0.1) is 0 Å². The Morgan fingerprint density at radius 2 is 2.10 bits per heavy atom. The number of nitrogens with zero attached hydrogens (tertiary/aromatic N) is 1. The summed E-state index contributed by atoms with van der Waals surface area (Å²) in [6.07, 6.45) is 2.65. The maximum Gasteiger partial charge on any atom is 0.306 e. The van der Waals surface area contributed by atoms with Crippen LogP contribution in [-0.4, -0.2) is 47.7 Å². The van der Waals surface area contributed by atoms with Crippen LogP contribution < -0.4 is 0 Å². The molecule has 1 aromatic rings. The van der Waals surface area contributed by atoms with Gasteiger partial charge in [-0.25, -0.2) is 0 Å². The Bertz CT molecular complexity index is 541. The number of rotatable bonds is 4. The van der Waals surface area contributed by atoms with E-state index < -0.39 is 12.1 Å². The first-order valence-corrected chi connectivity index (χ1v) is 6.98. The van der Waals surface area contributed by atoms with E-state index in [2.05, 4.69) is 0 Å². The third-order valence-corrected chi connectivity index (χ3v) is 3.39. The van der Waals surface area contributed by atoms with Crippen molar-refractivity contribution < 1.29 is 19.4 Å². The van der Waals surface area contributed by atoms with Gasteiger partial charge in [0.25, 0.3) is 0 Å². The van der Waals surface area contributed by atoms with Gasteiger partial charge in [0.15, 0.2) is 0 Å². The lowest BCUT2D eigenvalue weighted by Gasteiger charge is -2.31. The van der Waals surface area contributed by atoms with Crippen LogP contribution >= 0.6 is 11.6 Å². The van der Waals surface area contributed by atoms with Gasteiger partial charge in [-0.1, -0.05) is 23.7 Å². The van der Waals surface area contributed by atoms with Crippen LogP contribution in [0, 0.1) is 0 Å². The normalized spacial score (nSPS) is 18.9. The molecule has 1 aliphatic rings. The highest BCUT2D eigenvalue weighted by Crippen LogP contribution is 2.12. The molecular formula is C15H16ClNO4. The summed E-state index contributed by atoms with van der Waals surface area (Å²) >= 11 is 5.79. The van der Waals surface area contributed by atoms with Crippen molar-refractivity contribution in [2.75, 3.05) is 19.7 Å². The number of amides is 1. The maximum absolute atomic E-state index is 12.1. The maximum atomic E-state index is 12.1. The first-order chi connectivity index (χ1) is 10.0. The molecule has 1 N–H and O–H groups in total. The minimum atomic E-state index is -0.925. The van der Waals surface area contributed by atoms with Gasteiger partial charge >= 0.3 is 5.97 Å². The lowest BCUT2D eigenvalue weighted by Crippen LogP contribution is -2.45. The lowest BCUT2D eigenvalue weighted by molar-refractivity contribution is -0.145. The second-order valence-electron chi connectivity index (χ2n) is 4.76. The van der Waals surface area contributed by atoms with Gasteiger partial charge in [0, 0.05) is 24.2 Å². The van der Waals surface area contributed by atoms with E-state index in [0.717, 1.165) is 5.56 Å². The van der Waals surface area contributed by atoms with Gasteiger partial charge in [0.1, 0.15) is 0 Å². The fourth-order valence-electron chi connectivity index (χ4n) is 2.08. The van der Waals surface area contributed by atoms with Gasteiger partial charge in [-0.3, -0.25) is 9.59 Å². The Labute approximate surface area is 127 Å². The van der Waals surface area contributed by atoms with Gasteiger partial charge in [0.2, 0.25) is 5.91 Å². The summed E-state index contributed by atoms with van der Waals surface area (Å²) in [7, 11) is 0. The minimum absolute atomic E-state index is 0.0926. The van der Waals surface area contributed by atoms with Crippen molar-refractivity contribution in [3.8, 4) is 0 Å². The SMILES string of the molecule is O=C(O)CC1CN(C(=O)C=Cc2ccc(Cl)cc2)CCO1. The van der Waals surface area contributed by atoms with E-state index in [9.17, 15) is 9.59 Å². The monoisotopic (exact) mass is 309 g/mol. The Balaban J connectivity index is 1.93. The van der Waals surface area contributed by atoms with Crippen molar-refractivity contribution in [2.24, 2.45) is 0 Å². The lowest BCUT2D eigenvalue weighted by atomic mass is 10.2. The number of ether oxygens (including phenoxy) is 1. The summed E-state index contributed by atoms with van der Waals surface area (Å²) in [5, 5.41) is 9.40. The molecule has 0 aliphatic carbocycles. The van der Waals surface area contributed by atoms with Crippen molar-refractivity contribution in [2.45, 2.75) is 12.5 Å². The average Bonchev–Trinajstić information content (AvgIpc) is 2.46. The molecule has 1 unspecified atom stereocenters. The zero-order valence-corrected chi connectivity index (χ0v) is 12.1. The highest BCUT2D eigenvalue weighted by molar-refractivity contribution is 6.30. The number of carbonyl (C=O) groups is 2. The van der Waals surface area contributed by atoms with E-state index in [1.165, 1.54) is 6.08 Å². The summed E-state index contributed by atoms with van der Waals surface area (Å²) in [4.78, 5) is 24.4. The van der Waals surface area contributed by atoms with Crippen LogP contribution in [0.15, 0.2) is 30.3 Å². The summed E-state index contributed by atoms with van der Waals surface area (Å²) in [6, 6.07) is 7.14. The summed E-state index contributed by atoms with van der Waals surface area (Å²) < 4.78 is 5.33. The number of halogens is 1. The number of carbonyl (C=O) groups excluding carboxylic acids is 1. The quantitative estimate of drug-likeness (QED) is 0.865. The topological polar surface area (TPSA) is 66.8 Å². The summed E-state index contributed by atoms with van der Waals surface area (Å²) in [5.41, 5.74) is 0.878. The molecule has 1 aliphatic heterocycles. The van der Waals surface area contributed by atoms with E-state index in [1.54, 1.807) is 23.1 Å². The summed E-state index contributed by atoms with van der Waals surface area (Å²) in [6.45, 7) is 1.13. The fourth-order valence-corrected chi connectivity index (χ4v) is 2.21. The zero-order valence-electron chi connectivity index (χ0n) is 11.4. The van der Waals surface area contributed by atoms with E-state index in [-0.39, 0.29) is 12.3 Å². The van der Waals surface area contributed by atoms with Crippen molar-refractivity contribution in [1.82, 2.24) is 4.90 Å².